The fraction of sp³-hybridized carbons (Fsp3) is 0.368. The Bertz CT molecular complexity index is 646. The van der Waals surface area contributed by atoms with E-state index in [2.05, 4.69) is 20.8 Å². The van der Waals surface area contributed by atoms with E-state index in [1.807, 2.05) is 24.3 Å². The monoisotopic (exact) mass is 320 g/mol. The van der Waals surface area contributed by atoms with Crippen molar-refractivity contribution in [1.29, 1.82) is 0 Å². The van der Waals surface area contributed by atoms with Gasteiger partial charge in [0.15, 0.2) is 0 Å². The summed E-state index contributed by atoms with van der Waals surface area (Å²) in [7, 11) is 1.69. The Labute approximate surface area is 137 Å². The molecule has 0 aliphatic carbocycles. The van der Waals surface area contributed by atoms with E-state index in [9.17, 15) is 4.39 Å². The molecule has 0 spiro atoms. The minimum atomic E-state index is -0.230. The first-order valence-electron chi connectivity index (χ1n) is 7.35. The van der Waals surface area contributed by atoms with Gasteiger partial charge in [-0.2, -0.15) is 0 Å². The van der Waals surface area contributed by atoms with E-state index in [1.54, 1.807) is 19.2 Å². The first kappa shape index (κ1) is 17.0. The Balaban J connectivity index is 2.67. The van der Waals surface area contributed by atoms with Crippen LogP contribution in [0.5, 0.6) is 0 Å². The molecule has 0 radical (unpaired) electrons. The number of hydrogen-bond acceptors (Lipinski definition) is 1. The minimum Gasteiger partial charge on any atom is -0.376 e. The zero-order chi connectivity index (χ0) is 16.3. The van der Waals surface area contributed by atoms with Crippen molar-refractivity contribution in [2.45, 2.75) is 32.8 Å². The summed E-state index contributed by atoms with van der Waals surface area (Å²) >= 11 is 5.98. The van der Waals surface area contributed by atoms with Crippen LogP contribution in [0, 0.1) is 11.2 Å². The second kappa shape index (κ2) is 6.80. The van der Waals surface area contributed by atoms with Gasteiger partial charge < -0.3 is 4.74 Å². The molecule has 2 aromatic carbocycles. The number of halogens is 2. The molecule has 0 amide bonds. The van der Waals surface area contributed by atoms with E-state index >= 15 is 0 Å². The highest BCUT2D eigenvalue weighted by atomic mass is 35.5. The number of benzene rings is 2. The first-order valence-corrected chi connectivity index (χ1v) is 7.88. The molecule has 0 fully saturated rings. The second-order valence-electron chi connectivity index (χ2n) is 6.52. The Kier molecular flexibility index (Phi) is 5.25. The smallest absolute Gasteiger partial charge is 0.131 e. The molecule has 0 aromatic heterocycles. The molecule has 3 heteroatoms. The van der Waals surface area contributed by atoms with Crippen LogP contribution in [0.3, 0.4) is 0 Å². The van der Waals surface area contributed by atoms with Gasteiger partial charge in [0, 0.05) is 18.6 Å². The fourth-order valence-electron chi connectivity index (χ4n) is 2.78. The molecule has 0 aliphatic rings. The highest BCUT2D eigenvalue weighted by Gasteiger charge is 2.29. The van der Waals surface area contributed by atoms with Crippen LogP contribution in [-0.2, 0) is 10.6 Å². The van der Waals surface area contributed by atoms with Gasteiger partial charge in [0.2, 0.25) is 0 Å². The predicted molar refractivity (Wildman–Crippen MR) is 90.6 cm³/mol. The van der Waals surface area contributed by atoms with E-state index in [-0.39, 0.29) is 17.3 Å². The van der Waals surface area contributed by atoms with Crippen molar-refractivity contribution >= 4 is 11.6 Å². The fourth-order valence-corrected chi connectivity index (χ4v) is 2.95. The van der Waals surface area contributed by atoms with E-state index < -0.39 is 0 Å². The normalized spacial score (nSPS) is 13.2. The lowest BCUT2D eigenvalue weighted by Crippen LogP contribution is -2.21. The first-order chi connectivity index (χ1) is 10.4. The van der Waals surface area contributed by atoms with Crippen LogP contribution in [-0.4, -0.2) is 7.11 Å². The summed E-state index contributed by atoms with van der Waals surface area (Å²) in [6.45, 7) is 6.33. The molecule has 0 bridgehead atoms. The SMILES string of the molecule is CO[C@@H](c1cc(CCl)ccc1-c1ccccc1F)C(C)(C)C. The van der Waals surface area contributed by atoms with Gasteiger partial charge in [-0.25, -0.2) is 4.39 Å². The van der Waals surface area contributed by atoms with Crippen LogP contribution in [0.15, 0.2) is 42.5 Å². The highest BCUT2D eigenvalue weighted by molar-refractivity contribution is 6.17. The number of methoxy groups -OCH3 is 1. The van der Waals surface area contributed by atoms with Crippen molar-refractivity contribution in [3.05, 3.63) is 59.4 Å². The third kappa shape index (κ3) is 3.50. The molecule has 22 heavy (non-hydrogen) atoms. The lowest BCUT2D eigenvalue weighted by atomic mass is 9.81. The minimum absolute atomic E-state index is 0.111. The van der Waals surface area contributed by atoms with Gasteiger partial charge in [0.05, 0.1) is 6.10 Å². The van der Waals surface area contributed by atoms with Gasteiger partial charge in [-0.1, -0.05) is 57.2 Å². The maximum Gasteiger partial charge on any atom is 0.131 e. The average Bonchev–Trinajstić information content (AvgIpc) is 2.47. The predicted octanol–water partition coefficient (Wildman–Crippen LogP) is 5.97. The molecule has 1 atom stereocenters. The summed E-state index contributed by atoms with van der Waals surface area (Å²) in [6.07, 6.45) is -0.148. The van der Waals surface area contributed by atoms with Crippen molar-refractivity contribution in [3.8, 4) is 11.1 Å². The lowest BCUT2D eigenvalue weighted by molar-refractivity contribution is 0.0155. The number of alkyl halides is 1. The molecule has 0 saturated carbocycles. The topological polar surface area (TPSA) is 9.23 Å². The van der Waals surface area contributed by atoms with Crippen molar-refractivity contribution in [2.75, 3.05) is 7.11 Å². The molecule has 0 unspecified atom stereocenters. The van der Waals surface area contributed by atoms with E-state index in [0.717, 1.165) is 16.7 Å². The maximum atomic E-state index is 14.2. The van der Waals surface area contributed by atoms with Crippen LogP contribution in [0.25, 0.3) is 11.1 Å². The van der Waals surface area contributed by atoms with Gasteiger partial charge in [-0.3, -0.25) is 0 Å². The molecule has 0 heterocycles. The maximum absolute atomic E-state index is 14.2. The van der Waals surface area contributed by atoms with Crippen LogP contribution in [0.1, 0.15) is 38.0 Å². The second-order valence-corrected chi connectivity index (χ2v) is 6.78. The van der Waals surface area contributed by atoms with Crippen molar-refractivity contribution < 1.29 is 9.13 Å². The largest absolute Gasteiger partial charge is 0.376 e. The summed E-state index contributed by atoms with van der Waals surface area (Å²) in [6, 6.07) is 12.7. The molecular weight excluding hydrogens is 299 g/mol. The van der Waals surface area contributed by atoms with E-state index in [1.165, 1.54) is 6.07 Å². The van der Waals surface area contributed by atoms with E-state index in [0.29, 0.717) is 11.4 Å². The van der Waals surface area contributed by atoms with Crippen LogP contribution in [0.2, 0.25) is 0 Å². The number of ether oxygens (including phenoxy) is 1. The summed E-state index contributed by atoms with van der Waals surface area (Å²) in [4.78, 5) is 0. The lowest BCUT2D eigenvalue weighted by Gasteiger charge is -2.31. The molecule has 0 N–H and O–H groups in total. The van der Waals surface area contributed by atoms with Crippen LogP contribution >= 0.6 is 11.6 Å². The molecule has 2 rings (SSSR count). The molecule has 2 aromatic rings. The Morgan fingerprint density at radius 3 is 2.32 bits per heavy atom. The standard InChI is InChI=1S/C19H22ClFO/c1-19(2,3)18(22-4)16-11-13(12-20)9-10-14(16)15-7-5-6-8-17(15)21/h5-11,18H,12H2,1-4H3/t18-/m0/s1. The zero-order valence-corrected chi connectivity index (χ0v) is 14.2. The van der Waals surface area contributed by atoms with Crippen molar-refractivity contribution in [1.82, 2.24) is 0 Å². The summed E-state index contributed by atoms with van der Waals surface area (Å²) in [5, 5.41) is 0. The highest BCUT2D eigenvalue weighted by Crippen LogP contribution is 2.41. The molecular formula is C19H22ClFO. The van der Waals surface area contributed by atoms with Gasteiger partial charge in [-0.05, 0) is 28.2 Å². The number of rotatable bonds is 4. The summed E-state index contributed by atoms with van der Waals surface area (Å²) in [5.41, 5.74) is 3.31. The van der Waals surface area contributed by atoms with Crippen molar-refractivity contribution in [3.63, 3.8) is 0 Å². The number of hydrogen-bond donors (Lipinski definition) is 0. The van der Waals surface area contributed by atoms with Gasteiger partial charge in [0.25, 0.3) is 0 Å². The zero-order valence-electron chi connectivity index (χ0n) is 13.5. The molecule has 0 saturated heterocycles. The molecule has 118 valence electrons. The third-order valence-electron chi connectivity index (χ3n) is 3.74. The van der Waals surface area contributed by atoms with Crippen LogP contribution < -0.4 is 0 Å². The summed E-state index contributed by atoms with van der Waals surface area (Å²) < 4.78 is 20.0. The summed E-state index contributed by atoms with van der Waals surface area (Å²) in [5.74, 6) is 0.191. The van der Waals surface area contributed by atoms with Gasteiger partial charge in [-0.15, -0.1) is 11.6 Å². The average molecular weight is 321 g/mol. The van der Waals surface area contributed by atoms with Crippen LogP contribution in [0.4, 0.5) is 4.39 Å². The van der Waals surface area contributed by atoms with Gasteiger partial charge >= 0.3 is 0 Å². The Morgan fingerprint density at radius 1 is 1.09 bits per heavy atom. The Morgan fingerprint density at radius 2 is 1.77 bits per heavy atom. The quantitative estimate of drug-likeness (QED) is 0.631. The Hall–Kier alpha value is -1.38. The van der Waals surface area contributed by atoms with Gasteiger partial charge in [0.1, 0.15) is 5.82 Å². The molecule has 0 aliphatic heterocycles. The van der Waals surface area contributed by atoms with Crippen molar-refractivity contribution in [2.24, 2.45) is 5.41 Å². The third-order valence-corrected chi connectivity index (χ3v) is 4.05. The van der Waals surface area contributed by atoms with E-state index in [4.69, 9.17) is 16.3 Å². The molecule has 1 nitrogen and oxygen atoms in total.